The predicted molar refractivity (Wildman–Crippen MR) is 72.2 cm³/mol. The van der Waals surface area contributed by atoms with Crippen LogP contribution in [0.2, 0.25) is 0 Å². The third-order valence-corrected chi connectivity index (χ3v) is 4.85. The summed E-state index contributed by atoms with van der Waals surface area (Å²) in [6.07, 6.45) is 4.11. The quantitative estimate of drug-likeness (QED) is 0.741. The fourth-order valence-electron chi connectivity index (χ4n) is 3.38. The van der Waals surface area contributed by atoms with Gasteiger partial charge < -0.3 is 0 Å². The Kier molecular flexibility index (Phi) is 3.14. The van der Waals surface area contributed by atoms with Crippen molar-refractivity contribution in [3.63, 3.8) is 0 Å². The summed E-state index contributed by atoms with van der Waals surface area (Å²) < 4.78 is 0. The van der Waals surface area contributed by atoms with E-state index in [1.807, 2.05) is 0 Å². The third kappa shape index (κ3) is 2.36. The molecule has 0 N–H and O–H groups in total. The van der Waals surface area contributed by atoms with Gasteiger partial charge in [-0.25, -0.2) is 0 Å². The second kappa shape index (κ2) is 4.62. The van der Waals surface area contributed by atoms with Gasteiger partial charge in [0.2, 0.25) is 0 Å². The molecule has 2 unspecified atom stereocenters. The summed E-state index contributed by atoms with van der Waals surface area (Å²) in [5.74, 6) is 1.65. The van der Waals surface area contributed by atoms with E-state index in [2.05, 4.69) is 35.2 Å². The molecule has 1 aromatic carbocycles. The molecule has 0 aromatic heterocycles. The normalized spacial score (nSPS) is 32.9. The number of nitrogens with zero attached hydrogens (tertiary/aromatic N) is 1. The summed E-state index contributed by atoms with van der Waals surface area (Å²) in [7, 11) is 0. The van der Waals surface area contributed by atoms with Gasteiger partial charge in [0.15, 0.2) is 0 Å². The minimum Gasteiger partial charge on any atom is -0.299 e. The van der Waals surface area contributed by atoms with Crippen molar-refractivity contribution < 1.29 is 0 Å². The van der Waals surface area contributed by atoms with E-state index >= 15 is 0 Å². The largest absolute Gasteiger partial charge is 0.299 e. The summed E-state index contributed by atoms with van der Waals surface area (Å²) in [5, 5.41) is 0. The molecule has 2 heteroatoms. The van der Waals surface area contributed by atoms with Crippen LogP contribution in [0, 0.1) is 11.3 Å². The lowest BCUT2D eigenvalue weighted by Gasteiger charge is -2.33. The van der Waals surface area contributed by atoms with Crippen molar-refractivity contribution in [2.24, 2.45) is 11.3 Å². The summed E-state index contributed by atoms with van der Waals surface area (Å²) in [4.78, 5) is 2.62. The molecule has 1 heterocycles. The topological polar surface area (TPSA) is 3.24 Å². The van der Waals surface area contributed by atoms with Gasteiger partial charge in [-0.15, -0.1) is 11.6 Å². The Hall–Kier alpha value is -0.530. The number of halogens is 1. The molecule has 1 saturated heterocycles. The summed E-state index contributed by atoms with van der Waals surface area (Å²) in [5.41, 5.74) is 2.03. The van der Waals surface area contributed by atoms with E-state index in [-0.39, 0.29) is 0 Å². The maximum Gasteiger partial charge on any atom is 0.0257 e. The zero-order valence-corrected chi connectivity index (χ0v) is 11.0. The van der Waals surface area contributed by atoms with Crippen LogP contribution in [0.4, 0.5) is 0 Å². The molecule has 1 aliphatic heterocycles. The highest BCUT2D eigenvalue weighted by Gasteiger charge is 2.54. The molecular weight excluding hydrogens is 230 g/mol. The van der Waals surface area contributed by atoms with E-state index in [1.165, 1.54) is 37.9 Å². The van der Waals surface area contributed by atoms with E-state index < -0.39 is 0 Å². The van der Waals surface area contributed by atoms with Crippen LogP contribution in [0.15, 0.2) is 30.3 Å². The van der Waals surface area contributed by atoms with Gasteiger partial charge in [-0.1, -0.05) is 30.3 Å². The van der Waals surface area contributed by atoms with Crippen LogP contribution in [0.5, 0.6) is 0 Å². The van der Waals surface area contributed by atoms with Gasteiger partial charge in [-0.3, -0.25) is 4.90 Å². The third-order valence-electron chi connectivity index (χ3n) is 4.48. The molecule has 17 heavy (non-hydrogen) atoms. The number of piperidine rings is 1. The molecular formula is C15H20ClN. The van der Waals surface area contributed by atoms with Gasteiger partial charge in [0.05, 0.1) is 0 Å². The average Bonchev–Trinajstić information content (AvgIpc) is 3.03. The highest BCUT2D eigenvalue weighted by Crippen LogP contribution is 2.58. The van der Waals surface area contributed by atoms with Gasteiger partial charge in [0.1, 0.15) is 0 Å². The van der Waals surface area contributed by atoms with Crippen molar-refractivity contribution in [3.8, 4) is 0 Å². The zero-order valence-electron chi connectivity index (χ0n) is 10.2. The fraction of sp³-hybridized carbons (Fsp3) is 0.600. The Bertz CT molecular complexity index is 378. The van der Waals surface area contributed by atoms with Crippen molar-refractivity contribution in [1.29, 1.82) is 0 Å². The highest BCUT2D eigenvalue weighted by molar-refractivity contribution is 6.18. The predicted octanol–water partition coefficient (Wildman–Crippen LogP) is 3.53. The highest BCUT2D eigenvalue weighted by atomic mass is 35.5. The lowest BCUT2D eigenvalue weighted by molar-refractivity contribution is 0.145. The van der Waals surface area contributed by atoms with Gasteiger partial charge in [0, 0.05) is 19.0 Å². The maximum absolute atomic E-state index is 6.01. The molecule has 1 aliphatic carbocycles. The minimum absolute atomic E-state index is 0.592. The smallest absolute Gasteiger partial charge is 0.0257 e. The Morgan fingerprint density at radius 3 is 2.82 bits per heavy atom. The fourth-order valence-corrected chi connectivity index (χ4v) is 3.82. The molecule has 0 radical (unpaired) electrons. The van der Waals surface area contributed by atoms with Crippen LogP contribution in [-0.2, 0) is 6.54 Å². The van der Waals surface area contributed by atoms with E-state index in [9.17, 15) is 0 Å². The molecule has 0 bridgehead atoms. The Morgan fingerprint density at radius 1 is 1.29 bits per heavy atom. The van der Waals surface area contributed by atoms with Crippen molar-refractivity contribution in [1.82, 2.24) is 4.90 Å². The number of benzene rings is 1. The Balaban J connectivity index is 1.62. The molecule has 3 rings (SSSR count). The van der Waals surface area contributed by atoms with Gasteiger partial charge in [-0.2, -0.15) is 0 Å². The van der Waals surface area contributed by atoms with Crippen molar-refractivity contribution >= 4 is 11.6 Å². The Labute approximate surface area is 109 Å². The van der Waals surface area contributed by atoms with Gasteiger partial charge in [0.25, 0.3) is 0 Å². The zero-order chi connectivity index (χ0) is 11.7. The number of rotatable bonds is 3. The van der Waals surface area contributed by atoms with Crippen molar-refractivity contribution in [2.45, 2.75) is 25.8 Å². The van der Waals surface area contributed by atoms with Gasteiger partial charge in [-0.05, 0) is 42.7 Å². The summed E-state index contributed by atoms with van der Waals surface area (Å²) in [6.45, 7) is 3.63. The number of likely N-dealkylation sites (tertiary alicyclic amines) is 1. The van der Waals surface area contributed by atoms with Crippen LogP contribution >= 0.6 is 11.6 Å². The minimum atomic E-state index is 0.592. The molecule has 1 saturated carbocycles. The second-order valence-corrected chi connectivity index (χ2v) is 6.03. The van der Waals surface area contributed by atoms with Crippen LogP contribution < -0.4 is 0 Å². The summed E-state index contributed by atoms with van der Waals surface area (Å²) >= 11 is 6.01. The SMILES string of the molecule is ClCC1CC12CCCN(Cc1ccccc1)C2. The van der Waals surface area contributed by atoms with E-state index in [1.54, 1.807) is 0 Å². The summed E-state index contributed by atoms with van der Waals surface area (Å²) in [6, 6.07) is 10.8. The first-order chi connectivity index (χ1) is 8.32. The number of hydrogen-bond donors (Lipinski definition) is 0. The standard InChI is InChI=1S/C15H20ClN/c16-10-14-9-15(14)7-4-8-17(12-15)11-13-5-2-1-3-6-13/h1-3,5-6,14H,4,7-12H2. The Morgan fingerprint density at radius 2 is 2.12 bits per heavy atom. The molecule has 2 atom stereocenters. The molecule has 2 aliphatic rings. The van der Waals surface area contributed by atoms with Crippen molar-refractivity contribution in [3.05, 3.63) is 35.9 Å². The first-order valence-corrected chi connectivity index (χ1v) is 7.18. The lowest BCUT2D eigenvalue weighted by Crippen LogP contribution is -2.37. The molecule has 2 fully saturated rings. The molecule has 92 valence electrons. The van der Waals surface area contributed by atoms with Crippen LogP contribution in [0.1, 0.15) is 24.8 Å². The van der Waals surface area contributed by atoms with Crippen LogP contribution in [-0.4, -0.2) is 23.9 Å². The molecule has 1 aromatic rings. The second-order valence-electron chi connectivity index (χ2n) is 5.72. The van der Waals surface area contributed by atoms with E-state index in [0.717, 1.165) is 18.3 Å². The van der Waals surface area contributed by atoms with Gasteiger partial charge >= 0.3 is 0 Å². The first kappa shape index (κ1) is 11.6. The van der Waals surface area contributed by atoms with Crippen LogP contribution in [0.25, 0.3) is 0 Å². The van der Waals surface area contributed by atoms with Crippen LogP contribution in [0.3, 0.4) is 0 Å². The van der Waals surface area contributed by atoms with Crippen molar-refractivity contribution in [2.75, 3.05) is 19.0 Å². The number of alkyl halides is 1. The lowest BCUT2D eigenvalue weighted by atomic mass is 9.92. The molecule has 1 nitrogen and oxygen atoms in total. The number of hydrogen-bond acceptors (Lipinski definition) is 1. The van der Waals surface area contributed by atoms with E-state index in [4.69, 9.17) is 11.6 Å². The molecule has 0 amide bonds. The molecule has 1 spiro atoms. The van der Waals surface area contributed by atoms with E-state index in [0.29, 0.717) is 5.41 Å². The average molecular weight is 250 g/mol. The first-order valence-electron chi connectivity index (χ1n) is 6.65. The monoisotopic (exact) mass is 249 g/mol. The maximum atomic E-state index is 6.01.